The molecule has 0 saturated carbocycles. The van der Waals surface area contributed by atoms with Gasteiger partial charge in [-0.2, -0.15) is 13.2 Å². The number of alkyl halides is 3. The fourth-order valence-electron chi connectivity index (χ4n) is 3.62. The van der Waals surface area contributed by atoms with Crippen LogP contribution < -0.4 is 5.32 Å². The third-order valence-corrected chi connectivity index (χ3v) is 5.14. The number of para-hydroxylation sites is 1. The average Bonchev–Trinajstić information content (AvgIpc) is 3.09. The van der Waals surface area contributed by atoms with Crippen LogP contribution in [0.25, 0.3) is 22.2 Å². The molecule has 0 aliphatic carbocycles. The van der Waals surface area contributed by atoms with Crippen molar-refractivity contribution in [2.75, 3.05) is 0 Å². The molecule has 3 aromatic carbocycles. The highest BCUT2D eigenvalue weighted by Gasteiger charge is 2.32. The summed E-state index contributed by atoms with van der Waals surface area (Å²) < 4.78 is 52.6. The van der Waals surface area contributed by atoms with Crippen molar-refractivity contribution in [1.82, 2.24) is 10.3 Å². The quantitative estimate of drug-likeness (QED) is 0.373. The van der Waals surface area contributed by atoms with Gasteiger partial charge in [0.15, 0.2) is 0 Å². The van der Waals surface area contributed by atoms with E-state index in [4.69, 9.17) is 0 Å². The van der Waals surface area contributed by atoms with Gasteiger partial charge in [0.1, 0.15) is 5.82 Å². The molecular weight excluding hydrogens is 408 g/mol. The number of nitrogens with one attached hydrogen (secondary N) is 2. The van der Waals surface area contributed by atoms with Crippen LogP contribution in [0.3, 0.4) is 0 Å². The Labute approximate surface area is 175 Å². The summed E-state index contributed by atoms with van der Waals surface area (Å²) in [6.07, 6.45) is -4.74. The molecule has 4 aromatic rings. The van der Waals surface area contributed by atoms with Gasteiger partial charge in [-0.1, -0.05) is 42.5 Å². The Morgan fingerprint density at radius 1 is 1.00 bits per heavy atom. The Bertz CT molecular complexity index is 1270. The van der Waals surface area contributed by atoms with Gasteiger partial charge in [-0.15, -0.1) is 0 Å². The molecule has 0 aliphatic rings. The molecule has 2 N–H and O–H groups in total. The summed E-state index contributed by atoms with van der Waals surface area (Å²) in [7, 11) is 0. The van der Waals surface area contributed by atoms with E-state index >= 15 is 0 Å². The van der Waals surface area contributed by atoms with E-state index < -0.39 is 23.5 Å². The predicted octanol–water partition coefficient (Wildman–Crippen LogP) is 6.23. The lowest BCUT2D eigenvalue weighted by Gasteiger charge is -2.11. The van der Waals surface area contributed by atoms with Crippen molar-refractivity contribution >= 4 is 16.8 Å². The zero-order valence-corrected chi connectivity index (χ0v) is 16.5. The fourth-order valence-corrected chi connectivity index (χ4v) is 3.62. The monoisotopic (exact) mass is 426 g/mol. The maximum absolute atomic E-state index is 13.7. The summed E-state index contributed by atoms with van der Waals surface area (Å²) >= 11 is 0. The van der Waals surface area contributed by atoms with Crippen LogP contribution >= 0.6 is 0 Å². The van der Waals surface area contributed by atoms with Crippen molar-refractivity contribution < 1.29 is 22.4 Å². The second-order valence-corrected chi connectivity index (χ2v) is 7.25. The molecule has 0 radical (unpaired) electrons. The predicted molar refractivity (Wildman–Crippen MR) is 111 cm³/mol. The Kier molecular flexibility index (Phi) is 5.27. The first-order chi connectivity index (χ1) is 14.7. The Morgan fingerprint density at radius 2 is 1.71 bits per heavy atom. The minimum atomic E-state index is -4.74. The van der Waals surface area contributed by atoms with Gasteiger partial charge in [0.2, 0.25) is 0 Å². The second kappa shape index (κ2) is 7.91. The molecule has 1 heterocycles. The van der Waals surface area contributed by atoms with Crippen LogP contribution in [0.5, 0.6) is 0 Å². The standard InChI is InChI=1S/C24H18F4N2O/c1-14-6-2-3-7-18(14)22-20(19-8-4-5-9-21(19)30-22)13-29-23(31)15-10-16(24(26,27)28)12-17(25)11-15/h2-12,30H,13H2,1H3,(H,29,31). The molecular formula is C24H18F4N2O. The highest BCUT2D eigenvalue weighted by Crippen LogP contribution is 2.33. The largest absolute Gasteiger partial charge is 0.416 e. The summed E-state index contributed by atoms with van der Waals surface area (Å²) in [4.78, 5) is 15.9. The molecule has 1 amide bonds. The fraction of sp³-hybridized carbons (Fsp3) is 0.125. The summed E-state index contributed by atoms with van der Waals surface area (Å²) in [6, 6.07) is 17.1. The van der Waals surface area contributed by atoms with Crippen molar-refractivity contribution in [1.29, 1.82) is 0 Å². The highest BCUT2D eigenvalue weighted by molar-refractivity contribution is 5.96. The number of aromatic amines is 1. The summed E-state index contributed by atoms with van der Waals surface area (Å²) in [5, 5.41) is 3.52. The number of fused-ring (bicyclic) bond motifs is 1. The van der Waals surface area contributed by atoms with Gasteiger partial charge in [-0.05, 0) is 36.8 Å². The van der Waals surface area contributed by atoms with Gasteiger partial charge in [-0.3, -0.25) is 4.79 Å². The molecule has 4 rings (SSSR count). The third-order valence-electron chi connectivity index (χ3n) is 5.14. The minimum absolute atomic E-state index is 0.0599. The van der Waals surface area contributed by atoms with E-state index in [-0.39, 0.29) is 12.1 Å². The normalized spacial score (nSPS) is 11.6. The van der Waals surface area contributed by atoms with Crippen LogP contribution in [0.4, 0.5) is 17.6 Å². The van der Waals surface area contributed by atoms with E-state index in [9.17, 15) is 22.4 Å². The molecule has 0 aliphatic heterocycles. The van der Waals surface area contributed by atoms with Gasteiger partial charge in [-0.25, -0.2) is 4.39 Å². The molecule has 158 valence electrons. The zero-order chi connectivity index (χ0) is 22.2. The van der Waals surface area contributed by atoms with Gasteiger partial charge >= 0.3 is 6.18 Å². The van der Waals surface area contributed by atoms with Gasteiger partial charge in [0, 0.05) is 34.1 Å². The number of benzene rings is 3. The van der Waals surface area contributed by atoms with Crippen LogP contribution in [0.2, 0.25) is 0 Å². The maximum Gasteiger partial charge on any atom is 0.416 e. The van der Waals surface area contributed by atoms with Crippen molar-refractivity contribution in [3.05, 3.63) is 94.8 Å². The number of aromatic nitrogens is 1. The smallest absolute Gasteiger partial charge is 0.354 e. The Balaban J connectivity index is 1.69. The average molecular weight is 426 g/mol. The molecule has 0 saturated heterocycles. The van der Waals surface area contributed by atoms with Crippen LogP contribution in [-0.4, -0.2) is 10.9 Å². The highest BCUT2D eigenvalue weighted by atomic mass is 19.4. The van der Waals surface area contributed by atoms with E-state index in [2.05, 4.69) is 10.3 Å². The molecule has 0 bridgehead atoms. The Morgan fingerprint density at radius 3 is 2.45 bits per heavy atom. The van der Waals surface area contributed by atoms with Crippen LogP contribution in [0.15, 0.2) is 66.7 Å². The number of aryl methyl sites for hydroxylation is 1. The van der Waals surface area contributed by atoms with Gasteiger partial charge in [0.25, 0.3) is 5.91 Å². The second-order valence-electron chi connectivity index (χ2n) is 7.25. The summed E-state index contributed by atoms with van der Waals surface area (Å²) in [5.41, 5.74) is 2.88. The lowest BCUT2D eigenvalue weighted by atomic mass is 10.0. The molecule has 0 atom stereocenters. The number of hydrogen-bond donors (Lipinski definition) is 2. The molecule has 0 fully saturated rings. The van der Waals surface area contributed by atoms with Crippen molar-refractivity contribution in [2.24, 2.45) is 0 Å². The van der Waals surface area contributed by atoms with Gasteiger partial charge in [0.05, 0.1) is 11.3 Å². The molecule has 0 unspecified atom stereocenters. The first kappa shape index (κ1) is 20.7. The molecule has 7 heteroatoms. The van der Waals surface area contributed by atoms with Crippen molar-refractivity contribution in [2.45, 2.75) is 19.6 Å². The van der Waals surface area contributed by atoms with Crippen LogP contribution in [0.1, 0.15) is 27.0 Å². The lowest BCUT2D eigenvalue weighted by molar-refractivity contribution is -0.137. The number of carbonyl (C=O) groups excluding carboxylic acids is 1. The molecule has 0 spiro atoms. The number of carbonyl (C=O) groups is 1. The van der Waals surface area contributed by atoms with Gasteiger partial charge < -0.3 is 10.3 Å². The Hall–Kier alpha value is -3.61. The zero-order valence-electron chi connectivity index (χ0n) is 16.5. The molecule has 1 aromatic heterocycles. The van der Waals surface area contributed by atoms with E-state index in [0.29, 0.717) is 12.1 Å². The first-order valence-electron chi connectivity index (χ1n) is 9.55. The van der Waals surface area contributed by atoms with Crippen molar-refractivity contribution in [3.63, 3.8) is 0 Å². The topological polar surface area (TPSA) is 44.9 Å². The number of amides is 1. The van der Waals surface area contributed by atoms with Crippen LogP contribution in [0, 0.1) is 12.7 Å². The maximum atomic E-state index is 13.7. The third kappa shape index (κ3) is 4.17. The van der Waals surface area contributed by atoms with E-state index in [1.54, 1.807) is 0 Å². The number of rotatable bonds is 4. The van der Waals surface area contributed by atoms with E-state index in [0.717, 1.165) is 39.4 Å². The summed E-state index contributed by atoms with van der Waals surface area (Å²) in [5.74, 6) is -1.90. The summed E-state index contributed by atoms with van der Waals surface area (Å²) in [6.45, 7) is 2.03. The molecule has 31 heavy (non-hydrogen) atoms. The van der Waals surface area contributed by atoms with E-state index in [1.807, 2.05) is 55.5 Å². The van der Waals surface area contributed by atoms with Crippen molar-refractivity contribution in [3.8, 4) is 11.3 Å². The first-order valence-corrected chi connectivity index (χ1v) is 9.55. The number of halogens is 4. The van der Waals surface area contributed by atoms with Crippen LogP contribution in [-0.2, 0) is 12.7 Å². The minimum Gasteiger partial charge on any atom is -0.354 e. The number of hydrogen-bond acceptors (Lipinski definition) is 1. The SMILES string of the molecule is Cc1ccccc1-c1[nH]c2ccccc2c1CNC(=O)c1cc(F)cc(C(F)(F)F)c1. The lowest BCUT2D eigenvalue weighted by Crippen LogP contribution is -2.23. The number of H-pyrrole nitrogens is 1. The van der Waals surface area contributed by atoms with E-state index in [1.165, 1.54) is 0 Å². The molecule has 3 nitrogen and oxygen atoms in total.